The number of hydrogen-bond donors (Lipinski definition) is 0. The van der Waals surface area contributed by atoms with Crippen LogP contribution in [0.25, 0.3) is 0 Å². The van der Waals surface area contributed by atoms with Gasteiger partial charge in [0.1, 0.15) is 0 Å². The van der Waals surface area contributed by atoms with Crippen LogP contribution < -0.4 is 4.90 Å². The summed E-state index contributed by atoms with van der Waals surface area (Å²) in [4.78, 5) is 13.4. The molecule has 1 saturated heterocycles. The highest BCUT2D eigenvalue weighted by atomic mass is 16.2. The first-order valence-corrected chi connectivity index (χ1v) is 4.63. The molecule has 68 valence electrons. The highest BCUT2D eigenvalue weighted by Crippen LogP contribution is 2.23. The summed E-state index contributed by atoms with van der Waals surface area (Å²) in [6.45, 7) is 2.98. The minimum atomic E-state index is 0.249. The summed E-state index contributed by atoms with van der Waals surface area (Å²) < 4.78 is 0. The van der Waals surface area contributed by atoms with Gasteiger partial charge >= 0.3 is 0 Å². The van der Waals surface area contributed by atoms with Crippen LogP contribution >= 0.6 is 0 Å². The van der Waals surface area contributed by atoms with Crippen molar-refractivity contribution in [2.45, 2.75) is 13.3 Å². The summed E-state index contributed by atoms with van der Waals surface area (Å²) in [6.07, 6.45) is 0.689. The summed E-state index contributed by atoms with van der Waals surface area (Å²) in [5.41, 5.74) is 1.02. The molecule has 1 aromatic rings. The molecule has 1 aliphatic rings. The predicted octanol–water partition coefficient (Wildman–Crippen LogP) is 2.06. The van der Waals surface area contributed by atoms with Crippen molar-refractivity contribution in [2.24, 2.45) is 5.92 Å². The van der Waals surface area contributed by atoms with Crippen LogP contribution in [0.3, 0.4) is 0 Å². The number of carbonyl (C=O) groups is 1. The number of carbonyl (C=O) groups excluding carboxylic acids is 1. The van der Waals surface area contributed by atoms with Crippen LogP contribution in [0.5, 0.6) is 0 Å². The molecule has 1 aromatic carbocycles. The monoisotopic (exact) mass is 175 g/mol. The van der Waals surface area contributed by atoms with Gasteiger partial charge in [-0.15, -0.1) is 0 Å². The van der Waals surface area contributed by atoms with Crippen molar-refractivity contribution in [3.8, 4) is 0 Å². The fourth-order valence-corrected chi connectivity index (χ4v) is 1.74. The van der Waals surface area contributed by atoms with Gasteiger partial charge in [-0.3, -0.25) is 4.79 Å². The Bertz CT molecular complexity index is 307. The van der Waals surface area contributed by atoms with E-state index in [1.165, 1.54) is 0 Å². The second kappa shape index (κ2) is 3.21. The van der Waals surface area contributed by atoms with Crippen LogP contribution in [0.4, 0.5) is 5.69 Å². The molecule has 1 fully saturated rings. The Kier molecular flexibility index (Phi) is 2.05. The number of hydrogen-bond acceptors (Lipinski definition) is 1. The molecule has 0 bridgehead atoms. The lowest BCUT2D eigenvalue weighted by Gasteiger charge is -2.15. The van der Waals surface area contributed by atoms with Gasteiger partial charge in [-0.25, -0.2) is 0 Å². The molecule has 2 nitrogen and oxygen atoms in total. The van der Waals surface area contributed by atoms with Gasteiger partial charge in [0.15, 0.2) is 0 Å². The number of anilines is 1. The first-order chi connectivity index (χ1) is 6.27. The minimum Gasteiger partial charge on any atom is -0.312 e. The highest BCUT2D eigenvalue weighted by molar-refractivity contribution is 5.95. The van der Waals surface area contributed by atoms with Crippen molar-refractivity contribution >= 4 is 11.6 Å². The van der Waals surface area contributed by atoms with Gasteiger partial charge in [-0.2, -0.15) is 0 Å². The van der Waals surface area contributed by atoms with Gasteiger partial charge in [0.25, 0.3) is 0 Å². The summed E-state index contributed by atoms with van der Waals surface area (Å²) in [7, 11) is 0. The van der Waals surface area contributed by atoms with Crippen molar-refractivity contribution in [3.63, 3.8) is 0 Å². The number of benzene rings is 1. The molecule has 2 rings (SSSR count). The minimum absolute atomic E-state index is 0.249. The Labute approximate surface area is 78.2 Å². The van der Waals surface area contributed by atoms with Gasteiger partial charge in [0.05, 0.1) is 0 Å². The van der Waals surface area contributed by atoms with E-state index in [9.17, 15) is 4.79 Å². The number of amides is 1. The lowest BCUT2D eigenvalue weighted by atomic mass is 10.2. The molecule has 1 aliphatic heterocycles. The van der Waals surface area contributed by atoms with E-state index in [1.807, 2.05) is 35.2 Å². The number of nitrogens with zero attached hydrogens (tertiary/aromatic N) is 1. The smallest absolute Gasteiger partial charge is 0.227 e. The molecule has 1 heterocycles. The van der Waals surface area contributed by atoms with Gasteiger partial charge in [-0.1, -0.05) is 25.1 Å². The van der Waals surface area contributed by atoms with Crippen LogP contribution in [-0.4, -0.2) is 12.5 Å². The molecule has 0 spiro atoms. The zero-order chi connectivity index (χ0) is 9.26. The average molecular weight is 175 g/mol. The number of para-hydroxylation sites is 1. The van der Waals surface area contributed by atoms with Gasteiger partial charge in [0, 0.05) is 18.7 Å². The normalized spacial score (nSPS) is 22.4. The zero-order valence-corrected chi connectivity index (χ0v) is 7.73. The van der Waals surface area contributed by atoms with Gasteiger partial charge < -0.3 is 4.90 Å². The van der Waals surface area contributed by atoms with Crippen LogP contribution in [0.2, 0.25) is 0 Å². The summed E-state index contributed by atoms with van der Waals surface area (Å²) in [6, 6.07) is 9.86. The van der Waals surface area contributed by atoms with E-state index in [4.69, 9.17) is 0 Å². The third-order valence-corrected chi connectivity index (χ3v) is 2.39. The maximum atomic E-state index is 11.5. The van der Waals surface area contributed by atoms with Crippen molar-refractivity contribution in [1.29, 1.82) is 0 Å². The molecular weight excluding hydrogens is 162 g/mol. The summed E-state index contributed by atoms with van der Waals surface area (Å²) in [5, 5.41) is 0. The van der Waals surface area contributed by atoms with E-state index in [0.29, 0.717) is 12.3 Å². The molecule has 1 amide bonds. The third-order valence-electron chi connectivity index (χ3n) is 2.39. The average Bonchev–Trinajstić information content (AvgIpc) is 2.47. The molecule has 13 heavy (non-hydrogen) atoms. The fourth-order valence-electron chi connectivity index (χ4n) is 1.74. The Morgan fingerprint density at radius 1 is 1.31 bits per heavy atom. The van der Waals surface area contributed by atoms with Crippen LogP contribution in [0.15, 0.2) is 30.3 Å². The SMILES string of the molecule is CC1CC(=O)N(c2ccccc2)C1. The van der Waals surface area contributed by atoms with Crippen molar-refractivity contribution in [1.82, 2.24) is 0 Å². The third kappa shape index (κ3) is 1.57. The van der Waals surface area contributed by atoms with E-state index >= 15 is 0 Å². The standard InChI is InChI=1S/C11H13NO/c1-9-7-11(13)12(8-9)10-5-3-2-4-6-10/h2-6,9H,7-8H2,1H3. The lowest BCUT2D eigenvalue weighted by Crippen LogP contribution is -2.23. The van der Waals surface area contributed by atoms with E-state index in [-0.39, 0.29) is 5.91 Å². The molecule has 1 unspecified atom stereocenters. The van der Waals surface area contributed by atoms with Crippen molar-refractivity contribution < 1.29 is 4.79 Å². The van der Waals surface area contributed by atoms with Gasteiger partial charge in [-0.05, 0) is 18.1 Å². The van der Waals surface area contributed by atoms with Gasteiger partial charge in [0.2, 0.25) is 5.91 Å². The molecule has 0 aliphatic carbocycles. The maximum absolute atomic E-state index is 11.5. The molecule has 0 aromatic heterocycles. The Balaban J connectivity index is 2.23. The topological polar surface area (TPSA) is 20.3 Å². The Morgan fingerprint density at radius 2 is 2.00 bits per heavy atom. The summed E-state index contributed by atoms with van der Waals surface area (Å²) >= 11 is 0. The predicted molar refractivity (Wildman–Crippen MR) is 52.6 cm³/mol. The van der Waals surface area contributed by atoms with Crippen molar-refractivity contribution in [2.75, 3.05) is 11.4 Å². The first kappa shape index (κ1) is 8.30. The maximum Gasteiger partial charge on any atom is 0.227 e. The zero-order valence-electron chi connectivity index (χ0n) is 7.73. The van der Waals surface area contributed by atoms with E-state index in [2.05, 4.69) is 6.92 Å². The second-order valence-electron chi connectivity index (χ2n) is 3.65. The van der Waals surface area contributed by atoms with Crippen LogP contribution in [-0.2, 0) is 4.79 Å². The number of rotatable bonds is 1. The molecule has 1 atom stereocenters. The quantitative estimate of drug-likeness (QED) is 0.639. The molecule has 0 N–H and O–H groups in total. The molecule has 0 saturated carbocycles. The Hall–Kier alpha value is -1.31. The van der Waals surface area contributed by atoms with E-state index in [1.54, 1.807) is 0 Å². The largest absolute Gasteiger partial charge is 0.312 e. The lowest BCUT2D eigenvalue weighted by molar-refractivity contribution is -0.117. The first-order valence-electron chi connectivity index (χ1n) is 4.63. The molecule has 0 radical (unpaired) electrons. The summed E-state index contributed by atoms with van der Waals surface area (Å²) in [5.74, 6) is 0.742. The van der Waals surface area contributed by atoms with Crippen LogP contribution in [0, 0.1) is 5.92 Å². The van der Waals surface area contributed by atoms with E-state index in [0.717, 1.165) is 12.2 Å². The second-order valence-corrected chi connectivity index (χ2v) is 3.65. The van der Waals surface area contributed by atoms with E-state index < -0.39 is 0 Å². The van der Waals surface area contributed by atoms with Crippen molar-refractivity contribution in [3.05, 3.63) is 30.3 Å². The Morgan fingerprint density at radius 3 is 2.54 bits per heavy atom. The molecule has 2 heteroatoms. The van der Waals surface area contributed by atoms with Crippen LogP contribution in [0.1, 0.15) is 13.3 Å². The highest BCUT2D eigenvalue weighted by Gasteiger charge is 2.26. The fraction of sp³-hybridized carbons (Fsp3) is 0.364. The molecular formula is C11H13NO.